The number of aryl methyl sites for hydroxylation is 2. The number of nitrogens with zero attached hydrogens (tertiary/aromatic N) is 4. The normalized spacial score (nSPS) is 11.3. The Hall–Kier alpha value is -2.64. The lowest BCUT2D eigenvalue weighted by molar-refractivity contribution is 0.616. The topological polar surface area (TPSA) is 52.7 Å². The van der Waals surface area contributed by atoms with Crippen molar-refractivity contribution < 1.29 is 4.39 Å². The summed E-state index contributed by atoms with van der Waals surface area (Å²) in [5.74, 6) is 0.0966. The molecule has 0 fully saturated rings. The van der Waals surface area contributed by atoms with Crippen LogP contribution in [0, 0.1) is 12.7 Å². The quantitative estimate of drug-likeness (QED) is 0.309. The van der Waals surface area contributed by atoms with Crippen molar-refractivity contribution in [2.45, 2.75) is 37.8 Å². The fraction of sp³-hybridized carbons (Fsp3) is 0.227. The first-order chi connectivity index (χ1) is 14.5. The van der Waals surface area contributed by atoms with Gasteiger partial charge in [0.25, 0.3) is 5.56 Å². The van der Waals surface area contributed by atoms with E-state index in [9.17, 15) is 9.18 Å². The molecule has 4 aromatic rings. The molecular formula is C22H20ClFN4OS. The predicted molar refractivity (Wildman–Crippen MR) is 119 cm³/mol. The van der Waals surface area contributed by atoms with E-state index in [-0.39, 0.29) is 11.4 Å². The Morgan fingerprint density at radius 1 is 1.13 bits per heavy atom. The fourth-order valence-electron chi connectivity index (χ4n) is 3.30. The highest BCUT2D eigenvalue weighted by Gasteiger charge is 2.19. The van der Waals surface area contributed by atoms with E-state index in [1.165, 1.54) is 17.8 Å². The standard InChI is InChI=1S/C22H20ClFN4OS/c1-3-28-20-19(14(2)26-28)25-22(30-13-16-6-4-5-7-18(16)24)27(21(20)29)12-15-8-10-17(23)11-9-15/h4-11H,3,12-13H2,1-2H3. The Kier molecular flexibility index (Phi) is 5.92. The van der Waals surface area contributed by atoms with Gasteiger partial charge in [-0.25, -0.2) is 9.37 Å². The van der Waals surface area contributed by atoms with Crippen LogP contribution in [0.5, 0.6) is 0 Å². The van der Waals surface area contributed by atoms with Crippen LogP contribution in [0.3, 0.4) is 0 Å². The van der Waals surface area contributed by atoms with Crippen molar-refractivity contribution in [2.24, 2.45) is 0 Å². The molecule has 2 aromatic carbocycles. The van der Waals surface area contributed by atoms with Gasteiger partial charge in [-0.05, 0) is 43.2 Å². The van der Waals surface area contributed by atoms with Crippen LogP contribution in [-0.4, -0.2) is 19.3 Å². The second kappa shape index (κ2) is 8.62. The number of aromatic nitrogens is 4. The lowest BCUT2D eigenvalue weighted by Crippen LogP contribution is -2.25. The highest BCUT2D eigenvalue weighted by atomic mass is 35.5. The van der Waals surface area contributed by atoms with Gasteiger partial charge in [-0.3, -0.25) is 14.0 Å². The summed E-state index contributed by atoms with van der Waals surface area (Å²) in [7, 11) is 0. The molecule has 2 heterocycles. The fourth-order valence-corrected chi connectivity index (χ4v) is 4.40. The minimum atomic E-state index is -0.271. The van der Waals surface area contributed by atoms with E-state index in [0.717, 1.165) is 5.56 Å². The van der Waals surface area contributed by atoms with Crippen molar-refractivity contribution in [3.8, 4) is 0 Å². The van der Waals surface area contributed by atoms with Gasteiger partial charge in [0, 0.05) is 17.3 Å². The maximum Gasteiger partial charge on any atom is 0.280 e. The van der Waals surface area contributed by atoms with Crippen molar-refractivity contribution in [1.82, 2.24) is 19.3 Å². The van der Waals surface area contributed by atoms with Crippen LogP contribution in [0.25, 0.3) is 11.0 Å². The SMILES string of the molecule is CCn1nc(C)c2nc(SCc3ccccc3F)n(Cc3ccc(Cl)cc3)c(=O)c21. The number of benzene rings is 2. The molecule has 2 aromatic heterocycles. The third-order valence-corrected chi connectivity index (χ3v) is 6.13. The molecule has 0 N–H and O–H groups in total. The van der Waals surface area contributed by atoms with Gasteiger partial charge in [0.2, 0.25) is 0 Å². The lowest BCUT2D eigenvalue weighted by atomic mass is 10.2. The minimum absolute atomic E-state index is 0.159. The predicted octanol–water partition coefficient (Wildman–Crippen LogP) is 5.05. The van der Waals surface area contributed by atoms with E-state index in [0.29, 0.717) is 51.3 Å². The molecule has 154 valence electrons. The third-order valence-electron chi connectivity index (χ3n) is 4.85. The van der Waals surface area contributed by atoms with E-state index in [2.05, 4.69) is 5.10 Å². The molecule has 30 heavy (non-hydrogen) atoms. The van der Waals surface area contributed by atoms with E-state index >= 15 is 0 Å². The molecule has 0 radical (unpaired) electrons. The van der Waals surface area contributed by atoms with Crippen LogP contribution in [0.2, 0.25) is 5.02 Å². The van der Waals surface area contributed by atoms with Crippen LogP contribution in [0.4, 0.5) is 4.39 Å². The van der Waals surface area contributed by atoms with Crippen LogP contribution < -0.4 is 5.56 Å². The van der Waals surface area contributed by atoms with Crippen molar-refractivity contribution in [1.29, 1.82) is 0 Å². The Bertz CT molecular complexity index is 1270. The number of hydrogen-bond donors (Lipinski definition) is 0. The maximum absolute atomic E-state index is 14.1. The first-order valence-electron chi connectivity index (χ1n) is 9.56. The highest BCUT2D eigenvalue weighted by Crippen LogP contribution is 2.25. The lowest BCUT2D eigenvalue weighted by Gasteiger charge is -2.13. The van der Waals surface area contributed by atoms with Crippen molar-refractivity contribution in [2.75, 3.05) is 0 Å². The van der Waals surface area contributed by atoms with Crippen LogP contribution >= 0.6 is 23.4 Å². The summed E-state index contributed by atoms with van der Waals surface area (Å²) in [5, 5.41) is 5.62. The molecule has 4 rings (SSSR count). The van der Waals surface area contributed by atoms with Gasteiger partial charge in [0.05, 0.1) is 12.2 Å². The molecule has 5 nitrogen and oxygen atoms in total. The molecule has 0 amide bonds. The molecule has 8 heteroatoms. The van der Waals surface area contributed by atoms with Gasteiger partial charge in [0.1, 0.15) is 11.3 Å². The summed E-state index contributed by atoms with van der Waals surface area (Å²) in [6.45, 7) is 4.70. The van der Waals surface area contributed by atoms with E-state index < -0.39 is 0 Å². The summed E-state index contributed by atoms with van der Waals surface area (Å²) >= 11 is 7.34. The number of halogens is 2. The summed E-state index contributed by atoms with van der Waals surface area (Å²) < 4.78 is 17.4. The maximum atomic E-state index is 14.1. The number of fused-ring (bicyclic) bond motifs is 1. The molecule has 0 aliphatic rings. The van der Waals surface area contributed by atoms with Crippen molar-refractivity contribution >= 4 is 34.4 Å². The molecule has 0 aliphatic heterocycles. The zero-order valence-corrected chi connectivity index (χ0v) is 18.2. The van der Waals surface area contributed by atoms with Gasteiger partial charge in [0.15, 0.2) is 10.7 Å². The molecule has 0 bridgehead atoms. The monoisotopic (exact) mass is 442 g/mol. The second-order valence-electron chi connectivity index (χ2n) is 6.89. The minimum Gasteiger partial charge on any atom is -0.281 e. The molecule has 0 unspecified atom stereocenters. The van der Waals surface area contributed by atoms with Crippen LogP contribution in [0.15, 0.2) is 58.5 Å². The summed E-state index contributed by atoms with van der Waals surface area (Å²) in [6, 6.07) is 14.0. The highest BCUT2D eigenvalue weighted by molar-refractivity contribution is 7.98. The largest absolute Gasteiger partial charge is 0.281 e. The molecule has 0 spiro atoms. The Morgan fingerprint density at radius 2 is 1.87 bits per heavy atom. The summed E-state index contributed by atoms with van der Waals surface area (Å²) in [5.41, 5.74) is 3.11. The zero-order valence-electron chi connectivity index (χ0n) is 16.6. The summed E-state index contributed by atoms with van der Waals surface area (Å²) in [6.07, 6.45) is 0. The van der Waals surface area contributed by atoms with Crippen molar-refractivity contribution in [3.63, 3.8) is 0 Å². The average molecular weight is 443 g/mol. The van der Waals surface area contributed by atoms with Gasteiger partial charge >= 0.3 is 0 Å². The first kappa shape index (κ1) is 20.6. The Labute approximate surface area is 182 Å². The van der Waals surface area contributed by atoms with Gasteiger partial charge in [-0.1, -0.05) is 53.7 Å². The average Bonchev–Trinajstić information content (AvgIpc) is 3.07. The summed E-state index contributed by atoms with van der Waals surface area (Å²) in [4.78, 5) is 18.2. The first-order valence-corrected chi connectivity index (χ1v) is 10.9. The third kappa shape index (κ3) is 4.00. The zero-order chi connectivity index (χ0) is 21.3. The van der Waals surface area contributed by atoms with E-state index in [4.69, 9.17) is 16.6 Å². The molecule has 0 saturated carbocycles. The number of thioether (sulfide) groups is 1. The van der Waals surface area contributed by atoms with Crippen LogP contribution in [-0.2, 0) is 18.8 Å². The van der Waals surface area contributed by atoms with E-state index in [1.807, 2.05) is 26.0 Å². The molecular weight excluding hydrogens is 423 g/mol. The van der Waals surface area contributed by atoms with Gasteiger partial charge in [-0.2, -0.15) is 5.10 Å². The van der Waals surface area contributed by atoms with E-state index in [1.54, 1.807) is 39.6 Å². The Morgan fingerprint density at radius 3 is 2.57 bits per heavy atom. The van der Waals surface area contributed by atoms with Crippen LogP contribution in [0.1, 0.15) is 23.7 Å². The molecule has 0 atom stereocenters. The van der Waals surface area contributed by atoms with Gasteiger partial charge < -0.3 is 0 Å². The molecule has 0 aliphatic carbocycles. The number of hydrogen-bond acceptors (Lipinski definition) is 4. The second-order valence-corrected chi connectivity index (χ2v) is 8.27. The number of rotatable bonds is 6. The Balaban J connectivity index is 1.81. The van der Waals surface area contributed by atoms with Crippen molar-refractivity contribution in [3.05, 3.63) is 86.5 Å². The smallest absolute Gasteiger partial charge is 0.280 e. The van der Waals surface area contributed by atoms with Gasteiger partial charge in [-0.15, -0.1) is 0 Å². The molecule has 0 saturated heterocycles.